The first kappa shape index (κ1) is 20.3. The van der Waals surface area contributed by atoms with Gasteiger partial charge in [-0.3, -0.25) is 9.69 Å². The van der Waals surface area contributed by atoms with Crippen LogP contribution in [0.3, 0.4) is 0 Å². The summed E-state index contributed by atoms with van der Waals surface area (Å²) in [5.74, 6) is -0.113. The first-order valence-corrected chi connectivity index (χ1v) is 9.97. The van der Waals surface area contributed by atoms with Crippen molar-refractivity contribution in [2.75, 3.05) is 22.1 Å². The molecule has 0 bridgehead atoms. The summed E-state index contributed by atoms with van der Waals surface area (Å²) < 4.78 is 0. The fourth-order valence-corrected chi connectivity index (χ4v) is 3.50. The van der Waals surface area contributed by atoms with Gasteiger partial charge < -0.3 is 16.0 Å². The molecule has 3 aromatic rings. The van der Waals surface area contributed by atoms with Crippen LogP contribution in [-0.2, 0) is 6.54 Å². The number of nitrogens with one attached hydrogen (secondary N) is 1. The van der Waals surface area contributed by atoms with E-state index in [4.69, 9.17) is 5.73 Å². The third kappa shape index (κ3) is 4.32. The highest BCUT2D eigenvalue weighted by Crippen LogP contribution is 2.24. The molecule has 0 atom stereocenters. The molecule has 0 unspecified atom stereocenters. The molecule has 0 aliphatic carbocycles. The Labute approximate surface area is 180 Å². The second-order valence-electron chi connectivity index (χ2n) is 8.08. The topological polar surface area (TPSA) is 104 Å². The number of urea groups is 1. The summed E-state index contributed by atoms with van der Waals surface area (Å²) in [6, 6.07) is 18.8. The lowest BCUT2D eigenvalue weighted by atomic mass is 10.1. The Balaban J connectivity index is 1.65. The van der Waals surface area contributed by atoms with Crippen molar-refractivity contribution in [2.45, 2.75) is 25.9 Å². The average molecular weight is 416 g/mol. The smallest absolute Gasteiger partial charge is 0.324 e. The summed E-state index contributed by atoms with van der Waals surface area (Å²) in [5, 5.41) is 2.86. The van der Waals surface area contributed by atoms with Crippen LogP contribution in [0.4, 0.5) is 22.2 Å². The molecule has 0 saturated carbocycles. The normalized spacial score (nSPS) is 14.9. The van der Waals surface area contributed by atoms with Gasteiger partial charge in [-0.1, -0.05) is 48.5 Å². The van der Waals surface area contributed by atoms with E-state index < -0.39 is 5.54 Å². The van der Waals surface area contributed by atoms with E-state index in [1.807, 2.05) is 74.5 Å². The molecule has 8 nitrogen and oxygen atoms in total. The molecule has 8 heteroatoms. The number of nitrogen functional groups attached to an aromatic ring is 1. The van der Waals surface area contributed by atoms with Crippen molar-refractivity contribution >= 4 is 29.4 Å². The lowest BCUT2D eigenvalue weighted by Gasteiger charge is -2.24. The summed E-state index contributed by atoms with van der Waals surface area (Å²) in [5.41, 5.74) is 7.65. The van der Waals surface area contributed by atoms with Gasteiger partial charge >= 0.3 is 6.03 Å². The summed E-state index contributed by atoms with van der Waals surface area (Å²) in [6.07, 6.45) is 1.39. The number of anilines is 3. The molecule has 2 aromatic carbocycles. The molecule has 3 amide bonds. The monoisotopic (exact) mass is 416 g/mol. The molecule has 0 radical (unpaired) electrons. The van der Waals surface area contributed by atoms with Crippen LogP contribution in [0.15, 0.2) is 66.9 Å². The maximum Gasteiger partial charge on any atom is 0.324 e. The second kappa shape index (κ2) is 8.06. The van der Waals surface area contributed by atoms with Crippen LogP contribution >= 0.6 is 0 Å². The van der Waals surface area contributed by atoms with Gasteiger partial charge in [0.05, 0.1) is 18.6 Å². The van der Waals surface area contributed by atoms with E-state index >= 15 is 0 Å². The summed E-state index contributed by atoms with van der Waals surface area (Å²) >= 11 is 0. The zero-order valence-corrected chi connectivity index (χ0v) is 17.4. The van der Waals surface area contributed by atoms with E-state index in [-0.39, 0.29) is 29.3 Å². The van der Waals surface area contributed by atoms with Gasteiger partial charge in [0.1, 0.15) is 11.4 Å². The van der Waals surface area contributed by atoms with E-state index in [9.17, 15) is 9.59 Å². The van der Waals surface area contributed by atoms with E-state index in [1.54, 1.807) is 4.90 Å². The Kier molecular flexibility index (Phi) is 5.29. The molecular weight excluding hydrogens is 392 g/mol. The molecule has 1 fully saturated rings. The number of benzene rings is 2. The van der Waals surface area contributed by atoms with Crippen LogP contribution in [-0.4, -0.2) is 34.0 Å². The number of hydrogen-bond acceptors (Lipinski definition) is 5. The summed E-state index contributed by atoms with van der Waals surface area (Å²) in [6.45, 7) is 4.59. The van der Waals surface area contributed by atoms with Crippen molar-refractivity contribution in [1.29, 1.82) is 0 Å². The van der Waals surface area contributed by atoms with Crippen LogP contribution in [0.25, 0.3) is 0 Å². The fraction of sp³-hybridized carbons (Fsp3) is 0.217. The highest BCUT2D eigenvalue weighted by atomic mass is 16.2. The number of amides is 3. The first-order valence-electron chi connectivity index (χ1n) is 9.97. The molecule has 1 saturated heterocycles. The van der Waals surface area contributed by atoms with E-state index in [0.29, 0.717) is 13.1 Å². The van der Waals surface area contributed by atoms with Gasteiger partial charge in [-0.15, -0.1) is 0 Å². The molecule has 0 spiro atoms. The Morgan fingerprint density at radius 3 is 2.35 bits per heavy atom. The minimum atomic E-state index is -0.399. The van der Waals surface area contributed by atoms with Gasteiger partial charge in [-0.05, 0) is 31.5 Å². The highest BCUT2D eigenvalue weighted by molar-refractivity contribution is 6.08. The lowest BCUT2D eigenvalue weighted by molar-refractivity contribution is 0.0985. The van der Waals surface area contributed by atoms with Crippen molar-refractivity contribution < 1.29 is 9.59 Å². The third-order valence-electron chi connectivity index (χ3n) is 5.02. The maximum absolute atomic E-state index is 13.4. The number of hydrogen-bond donors (Lipinski definition) is 2. The van der Waals surface area contributed by atoms with Crippen molar-refractivity contribution in [1.82, 2.24) is 15.3 Å². The largest absolute Gasteiger partial charge is 0.383 e. The number of nitrogens with two attached hydrogens (primary N) is 1. The predicted molar refractivity (Wildman–Crippen MR) is 120 cm³/mol. The quantitative estimate of drug-likeness (QED) is 0.665. The van der Waals surface area contributed by atoms with Gasteiger partial charge in [0.25, 0.3) is 5.91 Å². The van der Waals surface area contributed by atoms with Gasteiger partial charge in [-0.25, -0.2) is 9.78 Å². The van der Waals surface area contributed by atoms with Gasteiger partial charge in [0, 0.05) is 11.9 Å². The van der Waals surface area contributed by atoms with E-state index in [0.717, 1.165) is 11.3 Å². The number of carbonyl (C=O) groups is 2. The average Bonchev–Trinajstić information content (AvgIpc) is 3.05. The van der Waals surface area contributed by atoms with Gasteiger partial charge in [0.15, 0.2) is 0 Å². The van der Waals surface area contributed by atoms with Gasteiger partial charge in [-0.2, -0.15) is 4.98 Å². The van der Waals surface area contributed by atoms with Crippen LogP contribution in [0.5, 0.6) is 0 Å². The van der Waals surface area contributed by atoms with Crippen LogP contribution in [0.2, 0.25) is 0 Å². The van der Waals surface area contributed by atoms with Crippen LogP contribution < -0.4 is 20.9 Å². The number of carbonyl (C=O) groups excluding carboxylic acids is 2. The molecule has 2 heterocycles. The minimum absolute atomic E-state index is 0.0292. The van der Waals surface area contributed by atoms with Crippen molar-refractivity contribution in [2.24, 2.45) is 0 Å². The number of rotatable bonds is 5. The standard InChI is InChI=1S/C23H24N6O2/c1-23(2)15-29(22(31)27-23)21-25-13-18(19(24)26-21)20(30)28(17-11-7-4-8-12-17)14-16-9-5-3-6-10-16/h3-13H,14-15H2,1-2H3,(H,27,31)(H2,24,25,26). The molecule has 1 aliphatic rings. The maximum atomic E-state index is 13.4. The second-order valence-corrected chi connectivity index (χ2v) is 8.08. The molecule has 1 aromatic heterocycles. The molecular formula is C23H24N6O2. The Morgan fingerprint density at radius 1 is 1.13 bits per heavy atom. The van der Waals surface area contributed by atoms with Crippen LogP contribution in [0, 0.1) is 0 Å². The predicted octanol–water partition coefficient (Wildman–Crippen LogP) is 3.21. The Morgan fingerprint density at radius 2 is 1.77 bits per heavy atom. The Hall–Kier alpha value is -3.94. The number of aromatic nitrogens is 2. The SMILES string of the molecule is CC1(C)CN(c2ncc(C(=O)N(Cc3ccccc3)c3ccccc3)c(N)n2)C(=O)N1. The molecule has 4 rings (SSSR count). The summed E-state index contributed by atoms with van der Waals surface area (Å²) in [4.78, 5) is 37.3. The fourth-order valence-electron chi connectivity index (χ4n) is 3.50. The van der Waals surface area contributed by atoms with Gasteiger partial charge in [0.2, 0.25) is 5.95 Å². The van der Waals surface area contributed by atoms with E-state index in [2.05, 4.69) is 15.3 Å². The zero-order valence-electron chi connectivity index (χ0n) is 17.4. The molecule has 158 valence electrons. The van der Waals surface area contributed by atoms with Crippen molar-refractivity contribution in [3.63, 3.8) is 0 Å². The highest BCUT2D eigenvalue weighted by Gasteiger charge is 2.37. The third-order valence-corrected chi connectivity index (χ3v) is 5.02. The van der Waals surface area contributed by atoms with E-state index in [1.165, 1.54) is 11.1 Å². The minimum Gasteiger partial charge on any atom is -0.383 e. The zero-order chi connectivity index (χ0) is 22.0. The van der Waals surface area contributed by atoms with Crippen LogP contribution in [0.1, 0.15) is 29.8 Å². The van der Waals surface area contributed by atoms with Crippen molar-refractivity contribution in [3.8, 4) is 0 Å². The molecule has 1 aliphatic heterocycles. The number of para-hydroxylation sites is 1. The summed E-state index contributed by atoms with van der Waals surface area (Å²) in [7, 11) is 0. The molecule has 31 heavy (non-hydrogen) atoms. The molecule has 3 N–H and O–H groups in total. The first-order chi connectivity index (χ1) is 14.8. The number of nitrogens with zero attached hydrogens (tertiary/aromatic N) is 4. The lowest BCUT2D eigenvalue weighted by Crippen LogP contribution is -2.36. The Bertz CT molecular complexity index is 1100. The van der Waals surface area contributed by atoms with Crippen molar-refractivity contribution in [3.05, 3.63) is 78.0 Å².